The lowest BCUT2D eigenvalue weighted by atomic mass is 10.2. The van der Waals surface area contributed by atoms with Crippen LogP contribution in [-0.4, -0.2) is 53.4 Å². The number of amides is 2. The first-order valence-electron chi connectivity index (χ1n) is 4.98. The van der Waals surface area contributed by atoms with Gasteiger partial charge in [-0.1, -0.05) is 0 Å². The maximum atomic E-state index is 11.2. The molecule has 7 heteroatoms. The quantitative estimate of drug-likeness (QED) is 0.450. The monoisotopic (exact) mass is 250 g/mol. The molecule has 0 saturated carbocycles. The van der Waals surface area contributed by atoms with E-state index in [9.17, 15) is 9.59 Å². The Labute approximate surface area is 98.8 Å². The minimum absolute atomic E-state index is 0.00751. The van der Waals surface area contributed by atoms with Crippen LogP contribution in [0.15, 0.2) is 0 Å². The van der Waals surface area contributed by atoms with Crippen LogP contribution < -0.4 is 10.6 Å². The number of rotatable bonds is 8. The van der Waals surface area contributed by atoms with Crippen molar-refractivity contribution in [1.29, 1.82) is 0 Å². The molecular weight excluding hydrogens is 232 g/mol. The van der Waals surface area contributed by atoms with Gasteiger partial charge in [-0.2, -0.15) is 11.8 Å². The number of hydrogen-bond donors (Lipinski definition) is 4. The highest BCUT2D eigenvalue weighted by Gasteiger charge is 2.18. The molecule has 6 nitrogen and oxygen atoms in total. The van der Waals surface area contributed by atoms with Crippen LogP contribution in [0.5, 0.6) is 0 Å². The summed E-state index contributed by atoms with van der Waals surface area (Å²) < 4.78 is 0. The van der Waals surface area contributed by atoms with E-state index in [1.165, 1.54) is 0 Å². The van der Waals surface area contributed by atoms with E-state index >= 15 is 0 Å². The van der Waals surface area contributed by atoms with Crippen molar-refractivity contribution >= 4 is 23.8 Å². The van der Waals surface area contributed by atoms with Crippen molar-refractivity contribution < 1.29 is 19.8 Å². The van der Waals surface area contributed by atoms with Crippen LogP contribution in [0.2, 0.25) is 0 Å². The van der Waals surface area contributed by atoms with E-state index in [2.05, 4.69) is 10.6 Å². The van der Waals surface area contributed by atoms with Gasteiger partial charge in [0.15, 0.2) is 0 Å². The van der Waals surface area contributed by atoms with Gasteiger partial charge in [0.05, 0.1) is 0 Å². The number of thioether (sulfide) groups is 1. The third kappa shape index (κ3) is 7.36. The molecule has 0 aromatic heterocycles. The number of aliphatic carboxylic acids is 1. The molecule has 0 rings (SSSR count). The molecule has 0 saturated heterocycles. The molecule has 94 valence electrons. The van der Waals surface area contributed by atoms with Crippen LogP contribution in [0.1, 0.15) is 12.8 Å². The summed E-state index contributed by atoms with van der Waals surface area (Å²) in [7, 11) is 0. The van der Waals surface area contributed by atoms with Crippen molar-refractivity contribution in [3.05, 3.63) is 0 Å². The topological polar surface area (TPSA) is 98.7 Å². The normalized spacial score (nSPS) is 11.9. The molecule has 2 amide bonds. The van der Waals surface area contributed by atoms with Crippen molar-refractivity contribution in [3.63, 3.8) is 0 Å². The first-order chi connectivity index (χ1) is 7.61. The van der Waals surface area contributed by atoms with E-state index in [0.717, 1.165) is 12.2 Å². The van der Waals surface area contributed by atoms with Gasteiger partial charge in [0, 0.05) is 19.6 Å². The molecule has 0 heterocycles. The number of aliphatic hydroxyl groups is 1. The Hall–Kier alpha value is -0.950. The zero-order valence-electron chi connectivity index (χ0n) is 9.23. The molecule has 0 fully saturated rings. The maximum Gasteiger partial charge on any atom is 0.326 e. The molecule has 16 heavy (non-hydrogen) atoms. The minimum atomic E-state index is -1.15. The van der Waals surface area contributed by atoms with E-state index in [-0.39, 0.29) is 13.0 Å². The Morgan fingerprint density at radius 2 is 2.12 bits per heavy atom. The molecule has 0 aliphatic carbocycles. The van der Waals surface area contributed by atoms with Gasteiger partial charge in [-0.3, -0.25) is 0 Å². The lowest BCUT2D eigenvalue weighted by Crippen LogP contribution is -2.46. The second kappa shape index (κ2) is 9.29. The molecule has 0 aliphatic heterocycles. The summed E-state index contributed by atoms with van der Waals surface area (Å²) in [6.07, 6.45) is 2.82. The zero-order valence-corrected chi connectivity index (χ0v) is 10.0. The summed E-state index contributed by atoms with van der Waals surface area (Å²) >= 11 is 1.68. The van der Waals surface area contributed by atoms with Gasteiger partial charge in [0.2, 0.25) is 0 Å². The SMILES string of the molecule is CSCCCNC(=O)N[C@H](CCO)C(=O)O. The lowest BCUT2D eigenvalue weighted by Gasteiger charge is -2.13. The van der Waals surface area contributed by atoms with Gasteiger partial charge >= 0.3 is 12.0 Å². The number of carboxylic acids is 1. The largest absolute Gasteiger partial charge is 0.480 e. The van der Waals surface area contributed by atoms with Crippen molar-refractivity contribution in [2.24, 2.45) is 0 Å². The standard InChI is InChI=1S/C9H18N2O4S/c1-16-6-2-4-10-9(15)11-7(3-5-12)8(13)14/h7,12H,2-6H2,1H3,(H,13,14)(H2,10,11,15)/t7-/m1/s1. The second-order valence-corrected chi connectivity index (χ2v) is 4.14. The Morgan fingerprint density at radius 1 is 1.44 bits per heavy atom. The van der Waals surface area contributed by atoms with Gasteiger partial charge in [0.25, 0.3) is 0 Å². The summed E-state index contributed by atoms with van der Waals surface area (Å²) in [5, 5.41) is 22.1. The van der Waals surface area contributed by atoms with E-state index < -0.39 is 18.0 Å². The van der Waals surface area contributed by atoms with Crippen molar-refractivity contribution in [2.45, 2.75) is 18.9 Å². The molecule has 0 aromatic carbocycles. The number of carbonyl (C=O) groups is 2. The zero-order chi connectivity index (χ0) is 12.4. The predicted octanol–water partition coefficient (Wildman–Crippen LogP) is -0.126. The molecule has 0 aromatic rings. The first kappa shape index (κ1) is 15.0. The van der Waals surface area contributed by atoms with E-state index in [0.29, 0.717) is 6.54 Å². The lowest BCUT2D eigenvalue weighted by molar-refractivity contribution is -0.139. The van der Waals surface area contributed by atoms with Crippen LogP contribution in [0.25, 0.3) is 0 Å². The molecule has 0 unspecified atom stereocenters. The first-order valence-corrected chi connectivity index (χ1v) is 6.38. The average Bonchev–Trinajstić information content (AvgIpc) is 2.23. The highest BCUT2D eigenvalue weighted by molar-refractivity contribution is 7.98. The van der Waals surface area contributed by atoms with E-state index in [1.54, 1.807) is 11.8 Å². The van der Waals surface area contributed by atoms with Gasteiger partial charge in [-0.15, -0.1) is 0 Å². The van der Waals surface area contributed by atoms with Crippen molar-refractivity contribution in [2.75, 3.05) is 25.2 Å². The van der Waals surface area contributed by atoms with Crippen LogP contribution in [-0.2, 0) is 4.79 Å². The summed E-state index contributed by atoms with van der Waals surface area (Å²) in [5.41, 5.74) is 0. The molecule has 4 N–H and O–H groups in total. The highest BCUT2D eigenvalue weighted by atomic mass is 32.2. The molecule has 0 radical (unpaired) electrons. The van der Waals surface area contributed by atoms with Gasteiger partial charge < -0.3 is 20.8 Å². The fourth-order valence-electron chi connectivity index (χ4n) is 1.01. The molecule has 1 atom stereocenters. The second-order valence-electron chi connectivity index (χ2n) is 3.15. The Bertz CT molecular complexity index is 226. The third-order valence-electron chi connectivity index (χ3n) is 1.83. The predicted molar refractivity (Wildman–Crippen MR) is 62.7 cm³/mol. The minimum Gasteiger partial charge on any atom is -0.480 e. The fraction of sp³-hybridized carbons (Fsp3) is 0.778. The maximum absolute atomic E-state index is 11.2. The average molecular weight is 250 g/mol. The Morgan fingerprint density at radius 3 is 2.62 bits per heavy atom. The number of carbonyl (C=O) groups excluding carboxylic acids is 1. The Balaban J connectivity index is 3.77. The van der Waals surface area contributed by atoms with E-state index in [1.807, 2.05) is 6.26 Å². The number of nitrogens with one attached hydrogen (secondary N) is 2. The number of carboxylic acid groups (broad SMARTS) is 1. The molecule has 0 bridgehead atoms. The fourth-order valence-corrected chi connectivity index (χ4v) is 1.45. The summed E-state index contributed by atoms with van der Waals surface area (Å²) in [6.45, 7) is 0.238. The molecular formula is C9H18N2O4S. The van der Waals surface area contributed by atoms with Crippen LogP contribution in [0.4, 0.5) is 4.79 Å². The van der Waals surface area contributed by atoms with E-state index in [4.69, 9.17) is 10.2 Å². The third-order valence-corrected chi connectivity index (χ3v) is 2.53. The van der Waals surface area contributed by atoms with Crippen LogP contribution in [0.3, 0.4) is 0 Å². The highest BCUT2D eigenvalue weighted by Crippen LogP contribution is 1.94. The van der Waals surface area contributed by atoms with Crippen LogP contribution >= 0.6 is 11.8 Å². The molecule has 0 spiro atoms. The Kier molecular flexibility index (Phi) is 8.74. The summed E-state index contributed by atoms with van der Waals surface area (Å²) in [4.78, 5) is 21.9. The summed E-state index contributed by atoms with van der Waals surface area (Å²) in [5.74, 6) is -0.201. The van der Waals surface area contributed by atoms with Gasteiger partial charge in [-0.25, -0.2) is 9.59 Å². The van der Waals surface area contributed by atoms with Gasteiger partial charge in [0.1, 0.15) is 6.04 Å². The summed E-state index contributed by atoms with van der Waals surface area (Å²) in [6, 6.07) is -1.55. The van der Waals surface area contributed by atoms with Gasteiger partial charge in [-0.05, 0) is 18.4 Å². The van der Waals surface area contributed by atoms with Crippen LogP contribution in [0, 0.1) is 0 Å². The number of hydrogen-bond acceptors (Lipinski definition) is 4. The smallest absolute Gasteiger partial charge is 0.326 e. The van der Waals surface area contributed by atoms with Crippen molar-refractivity contribution in [3.8, 4) is 0 Å². The number of aliphatic hydroxyl groups excluding tert-OH is 1. The number of urea groups is 1. The molecule has 0 aliphatic rings. The van der Waals surface area contributed by atoms with Crippen molar-refractivity contribution in [1.82, 2.24) is 10.6 Å².